The molecule has 0 aromatic rings. The molecular formula is C2H7O6PS. The van der Waals surface area contributed by atoms with Crippen LogP contribution in [0.4, 0.5) is 0 Å². The Morgan fingerprint density at radius 2 is 1.50 bits per heavy atom. The van der Waals surface area contributed by atoms with Crippen molar-refractivity contribution in [3.05, 3.63) is 12.0 Å². The summed E-state index contributed by atoms with van der Waals surface area (Å²) in [5.41, 5.74) is 0. The molecule has 0 unspecified atom stereocenters. The molecule has 0 heterocycles. The summed E-state index contributed by atoms with van der Waals surface area (Å²) in [6.07, 6.45) is 0. The third kappa shape index (κ3) is 46.0. The lowest BCUT2D eigenvalue weighted by molar-refractivity contribution is 0.405. The average molecular weight is 190 g/mol. The average Bonchev–Trinajstić information content (AvgIpc) is 1.63. The van der Waals surface area contributed by atoms with Crippen LogP contribution in [0.3, 0.4) is 0 Å². The zero-order valence-electron chi connectivity index (χ0n) is 4.76. The van der Waals surface area contributed by atoms with Gasteiger partial charge >= 0.3 is 8.25 Å². The summed E-state index contributed by atoms with van der Waals surface area (Å²) in [7, 11) is -7.03. The van der Waals surface area contributed by atoms with Crippen molar-refractivity contribution in [2.24, 2.45) is 0 Å². The summed E-state index contributed by atoms with van der Waals surface area (Å²) in [6, 6.07) is 0. The van der Waals surface area contributed by atoms with Gasteiger partial charge in [-0.15, -0.1) is 0 Å². The Bertz CT molecular complexity index is 188. The molecule has 0 saturated heterocycles. The monoisotopic (exact) mass is 190 g/mol. The number of rotatable bonds is 1. The summed E-state index contributed by atoms with van der Waals surface area (Å²) in [6.45, 7) is 2.79. The second-order valence-electron chi connectivity index (χ2n) is 0.964. The smallest absolute Gasteiger partial charge is 0.314 e. The highest BCUT2D eigenvalue weighted by Crippen LogP contribution is 1.98. The van der Waals surface area contributed by atoms with E-state index in [2.05, 4.69) is 6.58 Å². The highest BCUT2D eigenvalue weighted by Gasteiger charge is 1.87. The first-order valence-electron chi connectivity index (χ1n) is 1.81. The van der Waals surface area contributed by atoms with Crippen molar-refractivity contribution in [3.8, 4) is 0 Å². The quantitative estimate of drug-likeness (QED) is 0.375. The number of hydrogen-bond acceptors (Lipinski definition) is 3. The van der Waals surface area contributed by atoms with Gasteiger partial charge in [0.1, 0.15) is 0 Å². The summed E-state index contributed by atoms with van der Waals surface area (Å²) < 4.78 is 35.3. The Morgan fingerprint density at radius 1 is 1.40 bits per heavy atom. The molecule has 0 aliphatic heterocycles. The normalized spacial score (nSPS) is 10.0. The van der Waals surface area contributed by atoms with Crippen LogP contribution in [0.2, 0.25) is 0 Å². The molecule has 0 saturated carbocycles. The molecule has 0 aromatic heterocycles. The van der Waals surface area contributed by atoms with Gasteiger partial charge < -0.3 is 9.79 Å². The fourth-order valence-electron chi connectivity index (χ4n) is 0. The molecule has 0 bridgehead atoms. The van der Waals surface area contributed by atoms with E-state index in [4.69, 9.17) is 18.9 Å². The van der Waals surface area contributed by atoms with Crippen LogP contribution in [-0.2, 0) is 14.7 Å². The minimum absolute atomic E-state index is 0.465. The molecule has 0 radical (unpaired) electrons. The van der Waals surface area contributed by atoms with Gasteiger partial charge in [0.15, 0.2) is 0 Å². The summed E-state index contributed by atoms with van der Waals surface area (Å²) in [5, 5.41) is 0.465. The Hall–Kier alpha value is -0.200. The minimum Gasteiger partial charge on any atom is -0.326 e. The van der Waals surface area contributed by atoms with Crippen LogP contribution in [-0.4, -0.2) is 22.8 Å². The molecule has 0 aliphatic carbocycles. The summed E-state index contributed by atoms with van der Waals surface area (Å²) in [5.74, 6) is 0. The minimum atomic E-state index is -3.90. The van der Waals surface area contributed by atoms with Crippen molar-refractivity contribution in [3.63, 3.8) is 0 Å². The molecule has 0 rings (SSSR count). The fraction of sp³-hybridized carbons (Fsp3) is 0. The first kappa shape index (κ1) is 12.5. The molecule has 62 valence electrons. The molecular weight excluding hydrogens is 183 g/mol. The zero-order valence-corrected chi connectivity index (χ0v) is 6.58. The zero-order chi connectivity index (χ0) is 8.78. The third-order valence-electron chi connectivity index (χ3n) is 0.211. The Kier molecular flexibility index (Phi) is 6.95. The van der Waals surface area contributed by atoms with Gasteiger partial charge in [-0.05, 0) is 0 Å². The van der Waals surface area contributed by atoms with E-state index in [1.165, 1.54) is 0 Å². The van der Waals surface area contributed by atoms with E-state index in [-0.39, 0.29) is 0 Å². The van der Waals surface area contributed by atoms with E-state index in [1.807, 2.05) is 0 Å². The molecule has 0 amide bonds. The van der Waals surface area contributed by atoms with Crippen molar-refractivity contribution < 1.29 is 27.3 Å². The standard InChI is InChI=1S/C2H4O3S.H3O3P/c1-2-6(3,4)5;1-4(2)3/h2H,1H2,(H,3,4,5);4H,(H2,1,2,3). The van der Waals surface area contributed by atoms with Crippen LogP contribution < -0.4 is 0 Å². The van der Waals surface area contributed by atoms with Crippen LogP contribution in [0, 0.1) is 0 Å². The van der Waals surface area contributed by atoms with Gasteiger partial charge in [0.25, 0.3) is 10.1 Å². The second kappa shape index (κ2) is 5.57. The highest BCUT2D eigenvalue weighted by atomic mass is 32.2. The lowest BCUT2D eigenvalue weighted by atomic mass is 11.3. The molecule has 3 N–H and O–H groups in total. The Morgan fingerprint density at radius 3 is 1.50 bits per heavy atom. The van der Waals surface area contributed by atoms with Gasteiger partial charge in [0.05, 0.1) is 5.41 Å². The van der Waals surface area contributed by atoms with Gasteiger partial charge in [-0.25, -0.2) is 0 Å². The number of hydrogen-bond donors (Lipinski definition) is 3. The lowest BCUT2D eigenvalue weighted by Crippen LogP contribution is -1.86. The van der Waals surface area contributed by atoms with Gasteiger partial charge in [0.2, 0.25) is 0 Å². The van der Waals surface area contributed by atoms with E-state index in [1.54, 1.807) is 0 Å². The topological polar surface area (TPSA) is 112 Å². The molecule has 0 aromatic carbocycles. The van der Waals surface area contributed by atoms with E-state index in [0.29, 0.717) is 5.41 Å². The first-order chi connectivity index (χ1) is 4.29. The molecule has 0 fully saturated rings. The SMILES string of the molecule is C=CS(=O)(=O)O.O=[PH](O)O. The summed E-state index contributed by atoms with van der Waals surface area (Å²) >= 11 is 0. The fourth-order valence-corrected chi connectivity index (χ4v) is 0. The molecule has 0 aliphatic rings. The molecule has 6 nitrogen and oxygen atoms in total. The van der Waals surface area contributed by atoms with Gasteiger partial charge in [0, 0.05) is 0 Å². The van der Waals surface area contributed by atoms with Gasteiger partial charge in [-0.3, -0.25) is 9.12 Å². The third-order valence-corrected chi connectivity index (χ3v) is 0.632. The highest BCUT2D eigenvalue weighted by molar-refractivity contribution is 7.88. The second-order valence-corrected chi connectivity index (χ2v) is 2.89. The van der Waals surface area contributed by atoms with E-state index in [9.17, 15) is 8.42 Å². The van der Waals surface area contributed by atoms with Crippen LogP contribution in [0.15, 0.2) is 12.0 Å². The molecule has 0 atom stereocenters. The van der Waals surface area contributed by atoms with E-state index in [0.717, 1.165) is 0 Å². The first-order valence-corrected chi connectivity index (χ1v) is 4.62. The van der Waals surface area contributed by atoms with Crippen LogP contribution in [0.25, 0.3) is 0 Å². The maximum atomic E-state index is 9.44. The van der Waals surface area contributed by atoms with E-state index < -0.39 is 18.4 Å². The van der Waals surface area contributed by atoms with Crippen LogP contribution in [0.1, 0.15) is 0 Å². The van der Waals surface area contributed by atoms with Crippen molar-refractivity contribution in [1.29, 1.82) is 0 Å². The van der Waals surface area contributed by atoms with Crippen molar-refractivity contribution >= 4 is 18.4 Å². The van der Waals surface area contributed by atoms with Crippen molar-refractivity contribution in [2.75, 3.05) is 0 Å². The molecule has 0 spiro atoms. The predicted molar refractivity (Wildman–Crippen MR) is 35.2 cm³/mol. The summed E-state index contributed by atoms with van der Waals surface area (Å²) in [4.78, 5) is 14.3. The Balaban J connectivity index is 0. The lowest BCUT2D eigenvalue weighted by Gasteiger charge is -1.73. The van der Waals surface area contributed by atoms with Crippen LogP contribution in [0.5, 0.6) is 0 Å². The predicted octanol–water partition coefficient (Wildman–Crippen LogP) is -0.622. The largest absolute Gasteiger partial charge is 0.326 e. The molecule has 10 heavy (non-hydrogen) atoms. The Labute approximate surface area is 58.5 Å². The van der Waals surface area contributed by atoms with Crippen molar-refractivity contribution in [2.45, 2.75) is 0 Å². The van der Waals surface area contributed by atoms with E-state index >= 15 is 0 Å². The van der Waals surface area contributed by atoms with Crippen molar-refractivity contribution in [1.82, 2.24) is 0 Å². The molecule has 8 heteroatoms. The van der Waals surface area contributed by atoms with Crippen LogP contribution >= 0.6 is 8.25 Å². The van der Waals surface area contributed by atoms with Gasteiger partial charge in [-0.1, -0.05) is 6.58 Å². The maximum absolute atomic E-state index is 9.44. The van der Waals surface area contributed by atoms with Gasteiger partial charge in [-0.2, -0.15) is 8.42 Å². The maximum Gasteiger partial charge on any atom is 0.314 e.